The summed E-state index contributed by atoms with van der Waals surface area (Å²) in [4.78, 5) is 48.1. The molecule has 0 radical (unpaired) electrons. The molecule has 0 aromatic heterocycles. The second kappa shape index (κ2) is 11.0. The Morgan fingerprint density at radius 2 is 2.14 bits per heavy atom. The maximum absolute atomic E-state index is 13.0. The number of amidine groups is 1. The van der Waals surface area contributed by atoms with E-state index < -0.39 is 23.6 Å². The molecule has 44 heavy (non-hydrogen) atoms. The van der Waals surface area contributed by atoms with Crippen LogP contribution in [0.1, 0.15) is 31.9 Å². The zero-order chi connectivity index (χ0) is 31.3. The van der Waals surface area contributed by atoms with E-state index in [1.807, 2.05) is 12.3 Å². The molecule has 0 aliphatic carbocycles. The van der Waals surface area contributed by atoms with E-state index in [4.69, 9.17) is 24.4 Å². The Bertz CT molecular complexity index is 1630. The predicted molar refractivity (Wildman–Crippen MR) is 154 cm³/mol. The van der Waals surface area contributed by atoms with Crippen LogP contribution in [0, 0.1) is 5.41 Å². The average Bonchev–Trinajstić information content (AvgIpc) is 3.72. The van der Waals surface area contributed by atoms with Crippen LogP contribution in [0.25, 0.3) is 5.57 Å². The number of rotatable bonds is 8. The SMILES string of the molecule is CCOC(=O)C1=C(C=O)C(=CC[NH+]2C=CNC2[NH+]2CN=C3C(=O)NC(=N)N=C32)c2c(cc3c(c2OC)CC(C(C)(C)O)O3)O1. The van der Waals surface area contributed by atoms with E-state index in [1.54, 1.807) is 33.0 Å². The summed E-state index contributed by atoms with van der Waals surface area (Å²) in [7, 11) is 1.50. The lowest BCUT2D eigenvalue weighted by atomic mass is 9.89. The molecule has 6 N–H and O–H groups in total. The topological polar surface area (TPSA) is 190 Å². The lowest BCUT2D eigenvalue weighted by Gasteiger charge is -2.27. The summed E-state index contributed by atoms with van der Waals surface area (Å²) in [5.41, 5.74) is 0.619. The Hall–Kier alpha value is -4.86. The number of nitrogens with one attached hydrogen (secondary N) is 5. The fourth-order valence-corrected chi connectivity index (χ4v) is 5.88. The van der Waals surface area contributed by atoms with Gasteiger partial charge in [-0.2, -0.15) is 9.89 Å². The summed E-state index contributed by atoms with van der Waals surface area (Å²) < 4.78 is 23.1. The molecule has 0 bridgehead atoms. The first-order valence-electron chi connectivity index (χ1n) is 14.1. The third kappa shape index (κ3) is 4.84. The summed E-state index contributed by atoms with van der Waals surface area (Å²) in [6, 6.07) is 1.63. The Balaban J connectivity index is 1.40. The number of ether oxygens (including phenoxy) is 4. The van der Waals surface area contributed by atoms with E-state index in [0.717, 1.165) is 9.80 Å². The van der Waals surface area contributed by atoms with E-state index in [2.05, 4.69) is 20.6 Å². The van der Waals surface area contributed by atoms with E-state index >= 15 is 0 Å². The number of nitrogens with zero attached hydrogens (tertiary/aromatic N) is 2. The maximum atomic E-state index is 13.0. The van der Waals surface area contributed by atoms with E-state index in [0.29, 0.717) is 53.3 Å². The molecule has 15 heteroatoms. The van der Waals surface area contributed by atoms with Crippen molar-refractivity contribution in [3.63, 3.8) is 0 Å². The summed E-state index contributed by atoms with van der Waals surface area (Å²) in [5, 5.41) is 24.2. The van der Waals surface area contributed by atoms with Gasteiger partial charge in [-0.3, -0.25) is 25.6 Å². The first kappa shape index (κ1) is 29.2. The predicted octanol–water partition coefficient (Wildman–Crippen LogP) is -2.44. The third-order valence-corrected chi connectivity index (χ3v) is 7.98. The number of carbonyl (C=O) groups is 3. The van der Waals surface area contributed by atoms with Crippen LogP contribution >= 0.6 is 0 Å². The van der Waals surface area contributed by atoms with Crippen LogP contribution in [0.5, 0.6) is 17.2 Å². The Morgan fingerprint density at radius 1 is 1.34 bits per heavy atom. The number of hydrogen-bond donors (Lipinski definition) is 6. The second-order valence-electron chi connectivity index (χ2n) is 11.2. The summed E-state index contributed by atoms with van der Waals surface area (Å²) >= 11 is 0. The third-order valence-electron chi connectivity index (χ3n) is 7.98. The molecule has 6 rings (SSSR count). The normalized spacial score (nSPS) is 26.1. The molecule has 1 aromatic rings. The minimum absolute atomic E-state index is 0.000141. The maximum Gasteiger partial charge on any atom is 0.375 e. The van der Waals surface area contributed by atoms with Crippen molar-refractivity contribution in [3.8, 4) is 17.2 Å². The Morgan fingerprint density at radius 3 is 2.84 bits per heavy atom. The van der Waals surface area contributed by atoms with Gasteiger partial charge in [0.25, 0.3) is 11.7 Å². The molecule has 0 saturated carbocycles. The van der Waals surface area contributed by atoms with E-state index in [1.165, 1.54) is 7.11 Å². The molecular weight excluding hydrogens is 574 g/mol. The Kier molecular flexibility index (Phi) is 7.31. The number of aliphatic hydroxyl groups is 1. The van der Waals surface area contributed by atoms with Crippen LogP contribution in [-0.4, -0.2) is 85.7 Å². The number of guanidine groups is 1. The standard InChI is InChI=1S/C29H31N7O8/c1-5-42-26(39)23-16(12-37)14(20-18(44-23)11-17-15(22(20)41-4)10-19(43-17)29(2,3)40)6-8-35-9-7-31-28(35)36-13-32-21-24(36)33-27(30)34-25(21)38/h6-7,9,11-12,19,28,31,40H,5,8,10,13H2,1-4H3,(H2,30,34,38)/p+2. The molecule has 4 atom stereocenters. The summed E-state index contributed by atoms with van der Waals surface area (Å²) in [6.07, 6.45) is 5.47. The number of aldehydes is 1. The zero-order valence-corrected chi connectivity index (χ0v) is 24.6. The lowest BCUT2D eigenvalue weighted by molar-refractivity contribution is -1.05. The van der Waals surface area contributed by atoms with Crippen LogP contribution < -0.4 is 34.6 Å². The number of hydrogen-bond acceptors (Lipinski definition) is 11. The summed E-state index contributed by atoms with van der Waals surface area (Å²) in [5.74, 6) is -0.310. The molecule has 4 unspecified atom stereocenters. The van der Waals surface area contributed by atoms with Crippen LogP contribution in [-0.2, 0) is 25.5 Å². The van der Waals surface area contributed by atoms with Gasteiger partial charge in [0.1, 0.15) is 36.1 Å². The largest absolute Gasteiger partial charge is 0.496 e. The first-order chi connectivity index (χ1) is 21.0. The highest BCUT2D eigenvalue weighted by Crippen LogP contribution is 2.51. The first-order valence-corrected chi connectivity index (χ1v) is 14.1. The van der Waals surface area contributed by atoms with Crippen molar-refractivity contribution in [1.82, 2.24) is 10.6 Å². The number of amides is 1. The van der Waals surface area contributed by atoms with Crippen molar-refractivity contribution in [2.75, 3.05) is 26.9 Å². The second-order valence-corrected chi connectivity index (χ2v) is 11.2. The number of aliphatic imine (C=N–C) groups is 2. The van der Waals surface area contributed by atoms with Crippen molar-refractivity contribution < 1.29 is 48.2 Å². The number of allylic oxidation sites excluding steroid dienone is 2. The number of carbonyl (C=O) groups excluding carboxylic acids is 3. The molecular formula is C29H33N7O8+2. The minimum atomic E-state index is -1.15. The fourth-order valence-electron chi connectivity index (χ4n) is 5.88. The average molecular weight is 608 g/mol. The Labute approximate surface area is 252 Å². The van der Waals surface area contributed by atoms with Gasteiger partial charge in [0, 0.05) is 23.6 Å². The van der Waals surface area contributed by atoms with Crippen molar-refractivity contribution >= 4 is 41.2 Å². The molecule has 5 aliphatic heterocycles. The van der Waals surface area contributed by atoms with Crippen LogP contribution in [0.4, 0.5) is 0 Å². The number of methoxy groups -OCH3 is 1. The van der Waals surface area contributed by atoms with Crippen LogP contribution in [0.15, 0.2) is 45.9 Å². The lowest BCUT2D eigenvalue weighted by Crippen LogP contribution is -3.36. The van der Waals surface area contributed by atoms with E-state index in [-0.39, 0.29) is 48.3 Å². The summed E-state index contributed by atoms with van der Waals surface area (Å²) in [6.45, 7) is 5.59. The number of quaternary nitrogens is 2. The van der Waals surface area contributed by atoms with Gasteiger partial charge in [-0.15, -0.1) is 0 Å². The van der Waals surface area contributed by atoms with Crippen LogP contribution in [0.3, 0.4) is 0 Å². The van der Waals surface area contributed by atoms with Gasteiger partial charge >= 0.3 is 12.3 Å². The van der Waals surface area contributed by atoms with Gasteiger partial charge < -0.3 is 24.1 Å². The van der Waals surface area contributed by atoms with Gasteiger partial charge in [-0.05, 0) is 26.8 Å². The van der Waals surface area contributed by atoms with Crippen molar-refractivity contribution in [2.24, 2.45) is 9.98 Å². The highest BCUT2D eigenvalue weighted by atomic mass is 16.6. The smallest absolute Gasteiger partial charge is 0.375 e. The van der Waals surface area contributed by atoms with Gasteiger partial charge in [0.05, 0.1) is 36.7 Å². The monoisotopic (exact) mass is 607 g/mol. The molecule has 230 valence electrons. The van der Waals surface area contributed by atoms with Crippen molar-refractivity contribution in [1.29, 1.82) is 5.41 Å². The van der Waals surface area contributed by atoms with Gasteiger partial charge in [-0.25, -0.2) is 14.7 Å². The molecule has 5 heterocycles. The fraction of sp³-hybridized carbons (Fsp3) is 0.379. The van der Waals surface area contributed by atoms with Crippen LogP contribution in [0.2, 0.25) is 0 Å². The van der Waals surface area contributed by atoms with Gasteiger partial charge in [-0.1, -0.05) is 0 Å². The minimum Gasteiger partial charge on any atom is -0.496 e. The quantitative estimate of drug-likeness (QED) is 0.138. The molecule has 1 amide bonds. The number of benzene rings is 1. The van der Waals surface area contributed by atoms with Gasteiger partial charge in [0.15, 0.2) is 13.0 Å². The molecule has 0 saturated heterocycles. The number of fused-ring (bicyclic) bond motifs is 3. The van der Waals surface area contributed by atoms with Crippen molar-refractivity contribution in [2.45, 2.75) is 45.2 Å². The number of esters is 1. The molecule has 0 spiro atoms. The van der Waals surface area contributed by atoms with Gasteiger partial charge in [0.2, 0.25) is 17.4 Å². The van der Waals surface area contributed by atoms with E-state index in [9.17, 15) is 19.5 Å². The highest BCUT2D eigenvalue weighted by Gasteiger charge is 2.47. The molecule has 1 aromatic carbocycles. The molecule has 15 nitrogen and oxygen atoms in total. The van der Waals surface area contributed by atoms with Crippen molar-refractivity contribution in [3.05, 3.63) is 47.0 Å². The molecule has 0 fully saturated rings. The highest BCUT2D eigenvalue weighted by molar-refractivity contribution is 6.68. The zero-order valence-electron chi connectivity index (χ0n) is 24.6. The molecule has 5 aliphatic rings.